The van der Waals surface area contributed by atoms with Gasteiger partial charge in [-0.3, -0.25) is 4.79 Å². The number of hydrogen-bond donors (Lipinski definition) is 1. The van der Waals surface area contributed by atoms with E-state index in [2.05, 4.69) is 27.0 Å². The number of aromatic nitrogens is 3. The van der Waals surface area contributed by atoms with Crippen LogP contribution < -0.4 is 5.32 Å². The summed E-state index contributed by atoms with van der Waals surface area (Å²) in [5.74, 6) is 1.76. The summed E-state index contributed by atoms with van der Waals surface area (Å²) in [6.07, 6.45) is 3.38. The van der Waals surface area contributed by atoms with Crippen molar-refractivity contribution in [1.29, 1.82) is 0 Å². The number of thioether (sulfide) groups is 1. The molecule has 5 nitrogen and oxygen atoms in total. The molecular weight excluding hydrogens is 367 g/mol. The quantitative estimate of drug-likeness (QED) is 0.708. The van der Waals surface area contributed by atoms with Crippen LogP contribution in [-0.4, -0.2) is 26.4 Å². The van der Waals surface area contributed by atoms with Crippen molar-refractivity contribution in [3.05, 3.63) is 34.1 Å². The summed E-state index contributed by atoms with van der Waals surface area (Å²) < 4.78 is 2.15. The first-order valence-corrected chi connectivity index (χ1v) is 9.63. The number of nitrogens with one attached hydrogen (secondary N) is 1. The number of benzene rings is 1. The van der Waals surface area contributed by atoms with E-state index < -0.39 is 0 Å². The third-order valence-corrected chi connectivity index (χ3v) is 5.38. The maximum absolute atomic E-state index is 12.1. The number of hydrogen-bond acceptors (Lipinski definition) is 4. The second kappa shape index (κ2) is 7.76. The molecule has 1 fully saturated rings. The standard InChI is InChI=1S/C16H18Cl2N4OS/c1-2-7-22-15(10-3-4-10)20-21-16(22)24-9-14(23)19-11-5-6-12(17)13(18)8-11/h5-6,8,10H,2-4,7,9H2,1H3,(H,19,23). The lowest BCUT2D eigenvalue weighted by Gasteiger charge is -2.09. The third-order valence-electron chi connectivity index (χ3n) is 3.67. The van der Waals surface area contributed by atoms with E-state index in [0.29, 0.717) is 21.7 Å². The molecule has 0 unspecified atom stereocenters. The van der Waals surface area contributed by atoms with Crippen LogP contribution in [0.15, 0.2) is 23.4 Å². The number of rotatable bonds is 7. The van der Waals surface area contributed by atoms with Crippen molar-refractivity contribution >= 4 is 46.6 Å². The SMILES string of the molecule is CCCn1c(SCC(=O)Nc2ccc(Cl)c(Cl)c2)nnc1C1CC1. The molecule has 0 bridgehead atoms. The number of carbonyl (C=O) groups is 1. The van der Waals surface area contributed by atoms with Crippen LogP contribution in [0.5, 0.6) is 0 Å². The van der Waals surface area contributed by atoms with Gasteiger partial charge in [-0.1, -0.05) is 41.9 Å². The Morgan fingerprint density at radius 1 is 1.33 bits per heavy atom. The number of amides is 1. The first kappa shape index (κ1) is 17.6. The number of carbonyl (C=O) groups excluding carboxylic acids is 1. The van der Waals surface area contributed by atoms with Crippen molar-refractivity contribution in [3.63, 3.8) is 0 Å². The second-order valence-corrected chi connectivity index (χ2v) is 7.49. The predicted octanol–water partition coefficient (Wildman–Crippen LogP) is 4.60. The van der Waals surface area contributed by atoms with Gasteiger partial charge in [0.2, 0.25) is 5.91 Å². The van der Waals surface area contributed by atoms with Gasteiger partial charge in [-0.15, -0.1) is 10.2 Å². The van der Waals surface area contributed by atoms with Gasteiger partial charge in [0.05, 0.1) is 15.8 Å². The van der Waals surface area contributed by atoms with Gasteiger partial charge in [0.15, 0.2) is 5.16 Å². The van der Waals surface area contributed by atoms with Gasteiger partial charge in [0.25, 0.3) is 0 Å². The second-order valence-electron chi connectivity index (χ2n) is 5.73. The molecule has 1 aromatic heterocycles. The smallest absolute Gasteiger partial charge is 0.234 e. The third kappa shape index (κ3) is 4.23. The summed E-state index contributed by atoms with van der Waals surface area (Å²) in [4.78, 5) is 12.1. The minimum absolute atomic E-state index is 0.114. The van der Waals surface area contributed by atoms with Crippen molar-refractivity contribution in [3.8, 4) is 0 Å². The van der Waals surface area contributed by atoms with Gasteiger partial charge >= 0.3 is 0 Å². The van der Waals surface area contributed by atoms with Gasteiger partial charge in [-0.25, -0.2) is 0 Å². The summed E-state index contributed by atoms with van der Waals surface area (Å²) in [6, 6.07) is 5.02. The topological polar surface area (TPSA) is 59.8 Å². The Morgan fingerprint density at radius 2 is 2.12 bits per heavy atom. The van der Waals surface area contributed by atoms with Gasteiger partial charge in [0, 0.05) is 18.2 Å². The molecule has 0 saturated heterocycles. The highest BCUT2D eigenvalue weighted by Crippen LogP contribution is 2.40. The molecule has 0 radical (unpaired) electrons. The van der Waals surface area contributed by atoms with Crippen LogP contribution in [0.3, 0.4) is 0 Å². The summed E-state index contributed by atoms with van der Waals surface area (Å²) in [5.41, 5.74) is 0.628. The molecule has 0 aliphatic heterocycles. The molecule has 2 aromatic rings. The van der Waals surface area contributed by atoms with E-state index in [-0.39, 0.29) is 11.7 Å². The number of nitrogens with zero attached hydrogens (tertiary/aromatic N) is 3. The lowest BCUT2D eigenvalue weighted by Crippen LogP contribution is -2.14. The van der Waals surface area contributed by atoms with E-state index in [1.165, 1.54) is 24.6 Å². The van der Waals surface area contributed by atoms with Gasteiger partial charge < -0.3 is 9.88 Å². The van der Waals surface area contributed by atoms with Crippen LogP contribution in [0.25, 0.3) is 0 Å². The molecular formula is C16H18Cl2N4OS. The minimum Gasteiger partial charge on any atom is -0.325 e. The Balaban J connectivity index is 1.60. The monoisotopic (exact) mass is 384 g/mol. The largest absolute Gasteiger partial charge is 0.325 e. The number of halogens is 2. The molecule has 1 saturated carbocycles. The highest BCUT2D eigenvalue weighted by molar-refractivity contribution is 7.99. The van der Waals surface area contributed by atoms with Crippen LogP contribution >= 0.6 is 35.0 Å². The Morgan fingerprint density at radius 3 is 2.79 bits per heavy atom. The van der Waals surface area contributed by atoms with Crippen LogP contribution in [0.4, 0.5) is 5.69 Å². The van der Waals surface area contributed by atoms with Crippen LogP contribution in [-0.2, 0) is 11.3 Å². The lowest BCUT2D eigenvalue weighted by atomic mass is 10.3. The average molecular weight is 385 g/mol. The van der Waals surface area contributed by atoms with Crippen LogP contribution in [0, 0.1) is 0 Å². The van der Waals surface area contributed by atoms with E-state index in [1.54, 1.807) is 18.2 Å². The summed E-state index contributed by atoms with van der Waals surface area (Å²) in [6.45, 7) is 3.01. The van der Waals surface area contributed by atoms with E-state index >= 15 is 0 Å². The highest BCUT2D eigenvalue weighted by atomic mass is 35.5. The lowest BCUT2D eigenvalue weighted by molar-refractivity contribution is -0.113. The molecule has 8 heteroatoms. The fraction of sp³-hybridized carbons (Fsp3) is 0.438. The molecule has 0 atom stereocenters. The fourth-order valence-electron chi connectivity index (χ4n) is 2.39. The summed E-state index contributed by atoms with van der Waals surface area (Å²) >= 11 is 13.2. The van der Waals surface area contributed by atoms with Crippen molar-refractivity contribution < 1.29 is 4.79 Å². The van der Waals surface area contributed by atoms with Crippen molar-refractivity contribution in [1.82, 2.24) is 14.8 Å². The zero-order valence-electron chi connectivity index (χ0n) is 13.3. The zero-order valence-corrected chi connectivity index (χ0v) is 15.6. The first-order chi connectivity index (χ1) is 11.6. The Labute approximate surface area is 155 Å². The summed E-state index contributed by atoms with van der Waals surface area (Å²) in [5, 5.41) is 13.1. The fourth-order valence-corrected chi connectivity index (χ4v) is 3.45. The zero-order chi connectivity index (χ0) is 17.1. The van der Waals surface area contributed by atoms with Crippen LogP contribution in [0.1, 0.15) is 37.9 Å². The molecule has 1 aliphatic carbocycles. The average Bonchev–Trinajstić information content (AvgIpc) is 3.32. The minimum atomic E-state index is -0.114. The predicted molar refractivity (Wildman–Crippen MR) is 98.1 cm³/mol. The van der Waals surface area contributed by atoms with E-state index in [1.807, 2.05) is 0 Å². The van der Waals surface area contributed by atoms with Gasteiger partial charge in [-0.2, -0.15) is 0 Å². The van der Waals surface area contributed by atoms with Gasteiger partial charge in [0.1, 0.15) is 5.82 Å². The molecule has 3 rings (SSSR count). The molecule has 1 aromatic carbocycles. The van der Waals surface area contributed by atoms with E-state index in [4.69, 9.17) is 23.2 Å². The van der Waals surface area contributed by atoms with Crippen molar-refractivity contribution in [2.24, 2.45) is 0 Å². The van der Waals surface area contributed by atoms with E-state index in [9.17, 15) is 4.79 Å². The van der Waals surface area contributed by atoms with E-state index in [0.717, 1.165) is 23.9 Å². The van der Waals surface area contributed by atoms with Crippen molar-refractivity contribution in [2.45, 2.75) is 43.8 Å². The molecule has 1 N–H and O–H groups in total. The highest BCUT2D eigenvalue weighted by Gasteiger charge is 2.30. The van der Waals surface area contributed by atoms with Gasteiger partial charge in [-0.05, 0) is 37.5 Å². The van der Waals surface area contributed by atoms with Crippen molar-refractivity contribution in [2.75, 3.05) is 11.1 Å². The Bertz CT molecular complexity index is 746. The molecule has 128 valence electrons. The molecule has 24 heavy (non-hydrogen) atoms. The Kier molecular flexibility index (Phi) is 5.69. The molecule has 1 amide bonds. The van der Waals surface area contributed by atoms with Crippen LogP contribution in [0.2, 0.25) is 10.0 Å². The molecule has 1 heterocycles. The number of anilines is 1. The summed E-state index contributed by atoms with van der Waals surface area (Å²) in [7, 11) is 0. The first-order valence-electron chi connectivity index (χ1n) is 7.89. The Hall–Kier alpha value is -1.24. The maximum Gasteiger partial charge on any atom is 0.234 e. The molecule has 0 spiro atoms. The maximum atomic E-state index is 12.1. The molecule has 1 aliphatic rings. The normalized spacial score (nSPS) is 14.0.